The fourth-order valence-corrected chi connectivity index (χ4v) is 2.90. The molecule has 1 aliphatic carbocycles. The van der Waals surface area contributed by atoms with E-state index in [-0.39, 0.29) is 0 Å². The first-order valence-corrected chi connectivity index (χ1v) is 6.30. The molecule has 1 aliphatic rings. The second-order valence-electron chi connectivity index (χ2n) is 5.50. The summed E-state index contributed by atoms with van der Waals surface area (Å²) >= 11 is 0. The van der Waals surface area contributed by atoms with Crippen molar-refractivity contribution in [2.24, 2.45) is 17.8 Å². The van der Waals surface area contributed by atoms with Gasteiger partial charge in [0.1, 0.15) is 0 Å². The van der Waals surface area contributed by atoms with Crippen LogP contribution in [0.15, 0.2) is 0 Å². The minimum atomic E-state index is 0.713. The molecule has 14 heavy (non-hydrogen) atoms. The molecule has 0 saturated heterocycles. The third-order valence-electron chi connectivity index (χ3n) is 3.79. The molecule has 1 saturated carbocycles. The molecule has 0 amide bonds. The zero-order valence-electron chi connectivity index (χ0n) is 10.3. The summed E-state index contributed by atoms with van der Waals surface area (Å²) in [6, 6.07) is 0.713. The summed E-state index contributed by atoms with van der Waals surface area (Å²) in [7, 11) is 2.09. The third kappa shape index (κ3) is 3.61. The van der Waals surface area contributed by atoms with Crippen LogP contribution in [0, 0.1) is 17.8 Å². The zero-order chi connectivity index (χ0) is 10.6. The van der Waals surface area contributed by atoms with E-state index < -0.39 is 0 Å². The van der Waals surface area contributed by atoms with Crippen LogP contribution in [-0.4, -0.2) is 13.1 Å². The Hall–Kier alpha value is -0.0400. The third-order valence-corrected chi connectivity index (χ3v) is 3.79. The van der Waals surface area contributed by atoms with E-state index in [1.165, 1.54) is 32.1 Å². The lowest BCUT2D eigenvalue weighted by atomic mass is 9.75. The van der Waals surface area contributed by atoms with Crippen molar-refractivity contribution < 1.29 is 0 Å². The number of nitrogens with one attached hydrogen (secondary N) is 1. The Labute approximate surface area is 89.7 Å². The Bertz CT molecular complexity index is 153. The van der Waals surface area contributed by atoms with Gasteiger partial charge in [0.05, 0.1) is 0 Å². The van der Waals surface area contributed by atoms with Crippen LogP contribution in [-0.2, 0) is 0 Å². The van der Waals surface area contributed by atoms with Gasteiger partial charge in [-0.25, -0.2) is 0 Å². The van der Waals surface area contributed by atoms with E-state index in [1.807, 2.05) is 0 Å². The Kier molecular flexibility index (Phi) is 4.94. The van der Waals surface area contributed by atoms with E-state index >= 15 is 0 Å². The quantitative estimate of drug-likeness (QED) is 0.728. The Balaban J connectivity index is 2.35. The van der Waals surface area contributed by atoms with Crippen LogP contribution in [0.25, 0.3) is 0 Å². The highest BCUT2D eigenvalue weighted by atomic mass is 14.9. The molecular weight excluding hydrogens is 170 g/mol. The molecule has 1 nitrogen and oxygen atoms in total. The van der Waals surface area contributed by atoms with Crippen molar-refractivity contribution in [1.82, 2.24) is 5.32 Å². The molecule has 3 unspecified atom stereocenters. The van der Waals surface area contributed by atoms with E-state index in [1.54, 1.807) is 0 Å². The molecule has 3 atom stereocenters. The van der Waals surface area contributed by atoms with Crippen molar-refractivity contribution in [2.75, 3.05) is 7.05 Å². The summed E-state index contributed by atoms with van der Waals surface area (Å²) < 4.78 is 0. The van der Waals surface area contributed by atoms with Crippen LogP contribution in [0.3, 0.4) is 0 Å². The molecule has 0 heterocycles. The Morgan fingerprint density at radius 2 is 1.93 bits per heavy atom. The van der Waals surface area contributed by atoms with Crippen LogP contribution in [0.4, 0.5) is 0 Å². The van der Waals surface area contributed by atoms with Gasteiger partial charge in [-0.1, -0.05) is 26.7 Å². The van der Waals surface area contributed by atoms with Gasteiger partial charge in [0.15, 0.2) is 0 Å². The molecule has 84 valence electrons. The van der Waals surface area contributed by atoms with Gasteiger partial charge in [-0.15, -0.1) is 0 Å². The van der Waals surface area contributed by atoms with Gasteiger partial charge in [-0.05, 0) is 51.0 Å². The topological polar surface area (TPSA) is 12.0 Å². The highest BCUT2D eigenvalue weighted by Crippen LogP contribution is 2.34. The maximum absolute atomic E-state index is 3.41. The predicted octanol–water partition coefficient (Wildman–Crippen LogP) is 3.45. The molecule has 1 rings (SSSR count). The number of hydrogen-bond donors (Lipinski definition) is 1. The summed E-state index contributed by atoms with van der Waals surface area (Å²) in [6.45, 7) is 7.04. The first-order valence-electron chi connectivity index (χ1n) is 6.30. The first kappa shape index (κ1) is 12.0. The molecule has 1 heteroatoms. The van der Waals surface area contributed by atoms with Gasteiger partial charge in [0.2, 0.25) is 0 Å². The summed E-state index contributed by atoms with van der Waals surface area (Å²) in [5.41, 5.74) is 0. The molecule has 0 aliphatic heterocycles. The predicted molar refractivity (Wildman–Crippen MR) is 63.4 cm³/mol. The summed E-state index contributed by atoms with van der Waals surface area (Å²) in [5, 5.41) is 3.41. The summed E-state index contributed by atoms with van der Waals surface area (Å²) in [6.07, 6.45) is 7.27. The Morgan fingerprint density at radius 1 is 1.21 bits per heavy atom. The second kappa shape index (κ2) is 5.75. The van der Waals surface area contributed by atoms with Gasteiger partial charge < -0.3 is 5.32 Å². The lowest BCUT2D eigenvalue weighted by molar-refractivity contribution is 0.204. The smallest absolute Gasteiger partial charge is 0.00640 e. The standard InChI is InChI=1S/C13H27N/c1-10(2)8-12-6-5-7-13(9-12)11(3)14-4/h10-14H,5-9H2,1-4H3. The van der Waals surface area contributed by atoms with E-state index in [0.717, 1.165) is 17.8 Å². The highest BCUT2D eigenvalue weighted by Gasteiger charge is 2.25. The van der Waals surface area contributed by atoms with Crippen LogP contribution in [0.2, 0.25) is 0 Å². The van der Waals surface area contributed by atoms with Gasteiger partial charge in [0.25, 0.3) is 0 Å². The highest BCUT2D eigenvalue weighted by molar-refractivity contribution is 4.79. The average molecular weight is 197 g/mol. The molecular formula is C13H27N. The monoisotopic (exact) mass is 197 g/mol. The second-order valence-corrected chi connectivity index (χ2v) is 5.50. The maximum atomic E-state index is 3.41. The molecule has 0 aromatic carbocycles. The summed E-state index contributed by atoms with van der Waals surface area (Å²) in [4.78, 5) is 0. The van der Waals surface area contributed by atoms with E-state index in [0.29, 0.717) is 6.04 Å². The van der Waals surface area contributed by atoms with E-state index in [9.17, 15) is 0 Å². The molecule has 0 aromatic rings. The van der Waals surface area contributed by atoms with Gasteiger partial charge >= 0.3 is 0 Å². The Morgan fingerprint density at radius 3 is 2.50 bits per heavy atom. The first-order chi connectivity index (χ1) is 6.63. The van der Waals surface area contributed by atoms with Gasteiger partial charge in [0, 0.05) is 6.04 Å². The van der Waals surface area contributed by atoms with Gasteiger partial charge in [-0.3, -0.25) is 0 Å². The lowest BCUT2D eigenvalue weighted by Gasteiger charge is -2.33. The largest absolute Gasteiger partial charge is 0.317 e. The minimum absolute atomic E-state index is 0.713. The van der Waals surface area contributed by atoms with Crippen LogP contribution < -0.4 is 5.32 Å². The molecule has 0 bridgehead atoms. The molecule has 0 spiro atoms. The minimum Gasteiger partial charge on any atom is -0.317 e. The fourth-order valence-electron chi connectivity index (χ4n) is 2.90. The van der Waals surface area contributed by atoms with Crippen molar-refractivity contribution in [3.63, 3.8) is 0 Å². The fraction of sp³-hybridized carbons (Fsp3) is 1.00. The number of rotatable bonds is 4. The van der Waals surface area contributed by atoms with Crippen LogP contribution >= 0.6 is 0 Å². The number of hydrogen-bond acceptors (Lipinski definition) is 1. The summed E-state index contributed by atoms with van der Waals surface area (Å²) in [5.74, 6) is 2.81. The SMILES string of the molecule is CNC(C)C1CCCC(CC(C)C)C1. The molecule has 1 fully saturated rings. The van der Waals surface area contributed by atoms with Crippen molar-refractivity contribution >= 4 is 0 Å². The van der Waals surface area contributed by atoms with Crippen molar-refractivity contribution in [1.29, 1.82) is 0 Å². The van der Waals surface area contributed by atoms with E-state index in [4.69, 9.17) is 0 Å². The van der Waals surface area contributed by atoms with Crippen molar-refractivity contribution in [3.8, 4) is 0 Å². The molecule has 1 N–H and O–H groups in total. The normalized spacial score (nSPS) is 30.6. The molecule has 0 aromatic heterocycles. The lowest BCUT2D eigenvalue weighted by Crippen LogP contribution is -2.34. The van der Waals surface area contributed by atoms with Crippen molar-refractivity contribution in [2.45, 2.75) is 58.9 Å². The zero-order valence-corrected chi connectivity index (χ0v) is 10.3. The van der Waals surface area contributed by atoms with Crippen molar-refractivity contribution in [3.05, 3.63) is 0 Å². The van der Waals surface area contributed by atoms with Crippen LogP contribution in [0.5, 0.6) is 0 Å². The van der Waals surface area contributed by atoms with Gasteiger partial charge in [-0.2, -0.15) is 0 Å². The van der Waals surface area contributed by atoms with Crippen LogP contribution in [0.1, 0.15) is 52.9 Å². The molecule has 0 radical (unpaired) electrons. The maximum Gasteiger partial charge on any atom is 0.00640 e. The van der Waals surface area contributed by atoms with E-state index in [2.05, 4.69) is 33.1 Å². The average Bonchev–Trinajstić information content (AvgIpc) is 2.16.